The molecule has 2 rings (SSSR count). The third kappa shape index (κ3) is 6.38. The number of sulfone groups is 1. The predicted molar refractivity (Wildman–Crippen MR) is 99.6 cm³/mol. The minimum Gasteiger partial charge on any atom is -0.481 e. The number of hydrogen-bond donors (Lipinski definition) is 2. The Morgan fingerprint density at radius 1 is 1.17 bits per heavy atom. The molecule has 0 unspecified atom stereocenters. The van der Waals surface area contributed by atoms with Gasteiger partial charge in [-0.2, -0.15) is 0 Å². The molecule has 0 saturated heterocycles. The van der Waals surface area contributed by atoms with Gasteiger partial charge in [0, 0.05) is 31.5 Å². The molecule has 0 spiro atoms. The second-order valence-electron chi connectivity index (χ2n) is 5.85. The lowest BCUT2D eigenvalue weighted by Crippen LogP contribution is -2.32. The van der Waals surface area contributed by atoms with Crippen LogP contribution in [0, 0.1) is 21.7 Å². The van der Waals surface area contributed by atoms with Crippen molar-refractivity contribution in [2.45, 2.75) is 4.90 Å². The van der Waals surface area contributed by atoms with Crippen LogP contribution >= 0.6 is 0 Å². The Morgan fingerprint density at radius 2 is 1.90 bits per heavy atom. The van der Waals surface area contributed by atoms with E-state index in [2.05, 4.69) is 10.6 Å². The highest BCUT2D eigenvalue weighted by Gasteiger charge is 2.18. The van der Waals surface area contributed by atoms with E-state index in [1.54, 1.807) is 0 Å². The molecule has 12 heteroatoms. The van der Waals surface area contributed by atoms with Crippen molar-refractivity contribution in [3.05, 3.63) is 58.1 Å². The maximum atomic E-state index is 13.4. The molecule has 0 aliphatic carbocycles. The van der Waals surface area contributed by atoms with Gasteiger partial charge in [-0.05, 0) is 24.3 Å². The highest BCUT2D eigenvalue weighted by molar-refractivity contribution is 7.90. The van der Waals surface area contributed by atoms with E-state index in [0.717, 1.165) is 24.5 Å². The molecule has 0 atom stereocenters. The summed E-state index contributed by atoms with van der Waals surface area (Å²) in [6.07, 6.45) is 0.939. The topological polar surface area (TPSA) is 128 Å². The zero-order chi connectivity index (χ0) is 21.6. The fraction of sp³-hybridized carbons (Fsp3) is 0.235. The van der Waals surface area contributed by atoms with Gasteiger partial charge in [-0.25, -0.2) is 17.2 Å². The lowest BCUT2D eigenvalue weighted by atomic mass is 10.2. The molecule has 0 radical (unpaired) electrons. The van der Waals surface area contributed by atoms with Crippen LogP contribution < -0.4 is 15.4 Å². The molecule has 0 heterocycles. The van der Waals surface area contributed by atoms with Crippen molar-refractivity contribution < 1.29 is 31.7 Å². The molecule has 156 valence electrons. The molecule has 1 amide bonds. The van der Waals surface area contributed by atoms with E-state index in [1.165, 1.54) is 12.1 Å². The monoisotopic (exact) mass is 429 g/mol. The van der Waals surface area contributed by atoms with Gasteiger partial charge in [0.25, 0.3) is 11.6 Å². The SMILES string of the molecule is CS(=O)(=O)c1ccc(NCCNC(=O)COc2ccc(F)cc2F)c([N+](=O)[O-])c1. The van der Waals surface area contributed by atoms with Crippen molar-refractivity contribution in [1.29, 1.82) is 0 Å². The standard InChI is InChI=1S/C17H17F2N3O6S/c1-29(26,27)12-3-4-14(15(9-12)22(24)25)20-6-7-21-17(23)10-28-16-5-2-11(18)8-13(16)19/h2-5,8-9,20H,6-7,10H2,1H3,(H,21,23). The molecule has 0 saturated carbocycles. The van der Waals surface area contributed by atoms with Crippen LogP contribution in [0.15, 0.2) is 41.3 Å². The summed E-state index contributed by atoms with van der Waals surface area (Å²) in [5.41, 5.74) is -0.337. The molecule has 0 bridgehead atoms. The number of nitro benzene ring substituents is 1. The van der Waals surface area contributed by atoms with Crippen LogP contribution in [-0.2, 0) is 14.6 Å². The van der Waals surface area contributed by atoms with Crippen molar-refractivity contribution in [3.63, 3.8) is 0 Å². The number of amides is 1. The van der Waals surface area contributed by atoms with Gasteiger partial charge in [-0.3, -0.25) is 14.9 Å². The lowest BCUT2D eigenvalue weighted by molar-refractivity contribution is -0.384. The average molecular weight is 429 g/mol. The average Bonchev–Trinajstić information content (AvgIpc) is 2.63. The molecule has 2 aromatic rings. The summed E-state index contributed by atoms with van der Waals surface area (Å²) in [7, 11) is -3.60. The van der Waals surface area contributed by atoms with Gasteiger partial charge < -0.3 is 15.4 Å². The number of benzene rings is 2. The van der Waals surface area contributed by atoms with Crippen molar-refractivity contribution in [3.8, 4) is 5.75 Å². The summed E-state index contributed by atoms with van der Waals surface area (Å²) < 4.78 is 54.2. The lowest BCUT2D eigenvalue weighted by Gasteiger charge is -2.10. The maximum Gasteiger partial charge on any atom is 0.293 e. The van der Waals surface area contributed by atoms with Gasteiger partial charge in [0.15, 0.2) is 28.0 Å². The first-order chi connectivity index (χ1) is 13.6. The molecule has 0 aliphatic heterocycles. The molecular weight excluding hydrogens is 412 g/mol. The zero-order valence-corrected chi connectivity index (χ0v) is 16.0. The number of nitrogens with zero attached hydrogens (tertiary/aromatic N) is 1. The van der Waals surface area contributed by atoms with Crippen LogP contribution in [0.3, 0.4) is 0 Å². The Balaban J connectivity index is 1.85. The van der Waals surface area contributed by atoms with E-state index < -0.39 is 44.6 Å². The van der Waals surface area contributed by atoms with E-state index in [4.69, 9.17) is 4.74 Å². The number of carbonyl (C=O) groups excluding carboxylic acids is 1. The van der Waals surface area contributed by atoms with Gasteiger partial charge in [-0.15, -0.1) is 0 Å². The summed E-state index contributed by atoms with van der Waals surface area (Å²) in [6, 6.07) is 6.10. The smallest absolute Gasteiger partial charge is 0.293 e. The Morgan fingerprint density at radius 3 is 2.52 bits per heavy atom. The fourth-order valence-corrected chi connectivity index (χ4v) is 2.87. The minimum absolute atomic E-state index is 0.0546. The Bertz CT molecular complexity index is 1030. The molecule has 9 nitrogen and oxygen atoms in total. The summed E-state index contributed by atoms with van der Waals surface area (Å²) >= 11 is 0. The molecule has 0 aliphatic rings. The van der Waals surface area contributed by atoms with E-state index in [1.807, 2.05) is 0 Å². The third-order valence-electron chi connectivity index (χ3n) is 3.61. The number of anilines is 1. The maximum absolute atomic E-state index is 13.4. The number of hydrogen-bond acceptors (Lipinski definition) is 7. The Kier molecular flexibility index (Phi) is 7.04. The number of ether oxygens (including phenoxy) is 1. The van der Waals surface area contributed by atoms with Gasteiger partial charge in [0.1, 0.15) is 11.5 Å². The highest BCUT2D eigenvalue weighted by atomic mass is 32.2. The van der Waals surface area contributed by atoms with Crippen LogP contribution in [0.25, 0.3) is 0 Å². The van der Waals surface area contributed by atoms with Crippen molar-refractivity contribution in [2.75, 3.05) is 31.3 Å². The second-order valence-corrected chi connectivity index (χ2v) is 7.86. The number of nitro groups is 1. The van der Waals surface area contributed by atoms with E-state index >= 15 is 0 Å². The highest BCUT2D eigenvalue weighted by Crippen LogP contribution is 2.27. The molecule has 2 aromatic carbocycles. The number of halogens is 2. The van der Waals surface area contributed by atoms with E-state index in [9.17, 15) is 32.1 Å². The third-order valence-corrected chi connectivity index (χ3v) is 4.72. The number of carbonyl (C=O) groups is 1. The summed E-state index contributed by atoms with van der Waals surface area (Å²) in [5, 5.41) is 16.3. The molecule has 0 fully saturated rings. The van der Waals surface area contributed by atoms with Crippen molar-refractivity contribution in [2.24, 2.45) is 0 Å². The minimum atomic E-state index is -3.60. The molecular formula is C17H17F2N3O6S. The second kappa shape index (κ2) is 9.28. The number of rotatable bonds is 9. The quantitative estimate of drug-likeness (QED) is 0.354. The van der Waals surface area contributed by atoms with Crippen LogP contribution in [0.4, 0.5) is 20.2 Å². The molecule has 0 aromatic heterocycles. The van der Waals surface area contributed by atoms with Gasteiger partial charge >= 0.3 is 0 Å². The van der Waals surface area contributed by atoms with Crippen LogP contribution in [-0.4, -0.2) is 45.2 Å². The van der Waals surface area contributed by atoms with Crippen LogP contribution in [0.1, 0.15) is 0 Å². The Labute approximate surface area is 164 Å². The summed E-state index contributed by atoms with van der Waals surface area (Å²) in [4.78, 5) is 21.9. The molecule has 29 heavy (non-hydrogen) atoms. The normalized spacial score (nSPS) is 11.0. The van der Waals surface area contributed by atoms with Crippen LogP contribution in [0.5, 0.6) is 5.75 Å². The predicted octanol–water partition coefficient (Wildman–Crippen LogP) is 1.88. The fourth-order valence-electron chi connectivity index (χ4n) is 2.23. The van der Waals surface area contributed by atoms with Gasteiger partial charge in [-0.1, -0.05) is 0 Å². The summed E-state index contributed by atoms with van der Waals surface area (Å²) in [5.74, 6) is -2.58. The first-order valence-corrected chi connectivity index (χ1v) is 10.0. The van der Waals surface area contributed by atoms with E-state index in [-0.39, 0.29) is 29.4 Å². The summed E-state index contributed by atoms with van der Waals surface area (Å²) in [6.45, 7) is -0.361. The first-order valence-electron chi connectivity index (χ1n) is 8.15. The van der Waals surface area contributed by atoms with E-state index in [0.29, 0.717) is 6.07 Å². The Hall–Kier alpha value is -3.28. The van der Waals surface area contributed by atoms with Crippen LogP contribution in [0.2, 0.25) is 0 Å². The largest absolute Gasteiger partial charge is 0.481 e. The first kappa shape index (κ1) is 22.0. The zero-order valence-electron chi connectivity index (χ0n) is 15.1. The van der Waals surface area contributed by atoms with Crippen molar-refractivity contribution in [1.82, 2.24) is 5.32 Å². The van der Waals surface area contributed by atoms with Gasteiger partial charge in [0.2, 0.25) is 0 Å². The molecule has 2 N–H and O–H groups in total. The van der Waals surface area contributed by atoms with Gasteiger partial charge in [0.05, 0.1) is 9.82 Å². The number of nitrogens with one attached hydrogen (secondary N) is 2. The van der Waals surface area contributed by atoms with Crippen molar-refractivity contribution >= 4 is 27.1 Å².